The number of hydrogen-bond donors (Lipinski definition) is 1. The number of ether oxygens (including phenoxy) is 1. The molecule has 1 N–H and O–H groups in total. The molecule has 0 bridgehead atoms. The van der Waals surface area contributed by atoms with E-state index in [9.17, 15) is 5.11 Å². The van der Waals surface area contributed by atoms with Crippen LogP contribution in [0.15, 0.2) is 12.7 Å². The van der Waals surface area contributed by atoms with E-state index < -0.39 is 6.10 Å². The average Bonchev–Trinajstić information content (AvgIpc) is 3.18. The summed E-state index contributed by atoms with van der Waals surface area (Å²) in [5.41, 5.74) is 0. The second kappa shape index (κ2) is 9.68. The van der Waals surface area contributed by atoms with Crippen LogP contribution in [-0.2, 0) is 4.74 Å². The molecule has 0 aromatic carbocycles. The van der Waals surface area contributed by atoms with Gasteiger partial charge in [-0.2, -0.15) is 0 Å². The summed E-state index contributed by atoms with van der Waals surface area (Å²) in [4.78, 5) is 0. The zero-order chi connectivity index (χ0) is 13.9. The number of epoxide rings is 1. The molecule has 2 nitrogen and oxygen atoms in total. The quantitative estimate of drug-likeness (QED) is 0.315. The van der Waals surface area contributed by atoms with Gasteiger partial charge in [0.2, 0.25) is 0 Å². The molecule has 2 heteroatoms. The lowest BCUT2D eigenvalue weighted by Crippen LogP contribution is -2.14. The molecule has 1 unspecified atom stereocenters. The van der Waals surface area contributed by atoms with Crippen LogP contribution >= 0.6 is 0 Å². The second-order valence-electron chi connectivity index (χ2n) is 4.83. The Morgan fingerprint density at radius 3 is 2.89 bits per heavy atom. The average molecular weight is 260 g/mol. The van der Waals surface area contributed by atoms with Gasteiger partial charge in [-0.3, -0.25) is 0 Å². The van der Waals surface area contributed by atoms with E-state index in [2.05, 4.69) is 37.2 Å². The van der Waals surface area contributed by atoms with Crippen molar-refractivity contribution in [3.63, 3.8) is 0 Å². The first-order valence-corrected chi connectivity index (χ1v) is 7.22. The Bertz CT molecular complexity index is 378. The van der Waals surface area contributed by atoms with Gasteiger partial charge in [0.05, 0.1) is 6.10 Å². The van der Waals surface area contributed by atoms with Gasteiger partial charge in [-0.15, -0.1) is 6.58 Å². The molecule has 3 atom stereocenters. The summed E-state index contributed by atoms with van der Waals surface area (Å²) in [6.45, 7) is 5.78. The van der Waals surface area contributed by atoms with E-state index in [1.54, 1.807) is 0 Å². The molecule has 0 radical (unpaired) electrons. The van der Waals surface area contributed by atoms with Crippen molar-refractivity contribution in [1.29, 1.82) is 0 Å². The first-order valence-electron chi connectivity index (χ1n) is 7.22. The Kier molecular flexibility index (Phi) is 8.07. The largest absolute Gasteiger partial charge is 0.377 e. The highest BCUT2D eigenvalue weighted by Crippen LogP contribution is 2.30. The maximum absolute atomic E-state index is 9.78. The van der Waals surface area contributed by atoms with E-state index in [0.29, 0.717) is 0 Å². The summed E-state index contributed by atoms with van der Waals surface area (Å²) in [6, 6.07) is 0. The van der Waals surface area contributed by atoms with E-state index in [-0.39, 0.29) is 12.2 Å². The van der Waals surface area contributed by atoms with Crippen LogP contribution in [0.3, 0.4) is 0 Å². The van der Waals surface area contributed by atoms with Gasteiger partial charge >= 0.3 is 0 Å². The van der Waals surface area contributed by atoms with Crippen LogP contribution in [0.5, 0.6) is 0 Å². The molecule has 1 heterocycles. The lowest BCUT2D eigenvalue weighted by Gasteiger charge is -1.98. The van der Waals surface area contributed by atoms with Gasteiger partial charge in [0, 0.05) is 6.42 Å². The molecule has 0 saturated carbocycles. The molecule has 0 amide bonds. The summed E-state index contributed by atoms with van der Waals surface area (Å²) in [5, 5.41) is 9.78. The zero-order valence-corrected chi connectivity index (χ0v) is 11.8. The molecule has 0 aromatic heterocycles. The van der Waals surface area contributed by atoms with Crippen LogP contribution in [0.2, 0.25) is 0 Å². The van der Waals surface area contributed by atoms with Crippen molar-refractivity contribution in [3.05, 3.63) is 12.7 Å². The van der Waals surface area contributed by atoms with Gasteiger partial charge < -0.3 is 9.84 Å². The highest BCUT2D eigenvalue weighted by molar-refractivity contribution is 5.28. The summed E-state index contributed by atoms with van der Waals surface area (Å²) < 4.78 is 5.44. The van der Waals surface area contributed by atoms with Gasteiger partial charge in [0.15, 0.2) is 0 Å². The Labute approximate surface area is 117 Å². The van der Waals surface area contributed by atoms with Crippen LogP contribution < -0.4 is 0 Å². The molecule has 0 aliphatic carbocycles. The fourth-order valence-electron chi connectivity index (χ4n) is 1.90. The van der Waals surface area contributed by atoms with Gasteiger partial charge in [-0.05, 0) is 37.5 Å². The third kappa shape index (κ3) is 7.06. The number of unbranched alkanes of at least 4 members (excludes halogenated alkanes) is 4. The molecule has 1 fully saturated rings. The van der Waals surface area contributed by atoms with E-state index >= 15 is 0 Å². The minimum Gasteiger partial charge on any atom is -0.377 e. The van der Waals surface area contributed by atoms with Crippen LogP contribution in [0.4, 0.5) is 0 Å². The van der Waals surface area contributed by atoms with E-state index in [1.165, 1.54) is 12.8 Å². The van der Waals surface area contributed by atoms with Crippen molar-refractivity contribution in [2.75, 3.05) is 0 Å². The standard InChI is InChI=1S/C17H24O2/c1-3-5-7-9-11-13-15(18)17-16(19-17)14-12-10-8-6-4-2/h4,15-18H,2-3,5-6,8,10,12,14H2,1H3/t15?,16-,17+/m0/s1. The molecule has 0 spiro atoms. The van der Waals surface area contributed by atoms with Gasteiger partial charge in [-0.1, -0.05) is 37.7 Å². The maximum atomic E-state index is 9.78. The molecule has 0 aromatic rings. The van der Waals surface area contributed by atoms with Crippen molar-refractivity contribution in [3.8, 4) is 23.7 Å². The SMILES string of the molecule is C=CCCCCC[C@@H]1O[C@@H]1C(O)C#CC#CCCC. The monoisotopic (exact) mass is 260 g/mol. The summed E-state index contributed by atoms with van der Waals surface area (Å²) in [7, 11) is 0. The van der Waals surface area contributed by atoms with Gasteiger partial charge in [-0.25, -0.2) is 0 Å². The maximum Gasteiger partial charge on any atom is 0.144 e. The number of hydrogen-bond acceptors (Lipinski definition) is 2. The third-order valence-corrected chi connectivity index (χ3v) is 3.08. The van der Waals surface area contributed by atoms with Crippen LogP contribution in [0.25, 0.3) is 0 Å². The normalized spacial score (nSPS) is 21.6. The Morgan fingerprint density at radius 2 is 2.16 bits per heavy atom. The zero-order valence-electron chi connectivity index (χ0n) is 11.8. The predicted octanol–water partition coefficient (Wildman–Crippen LogP) is 3.06. The second-order valence-corrected chi connectivity index (χ2v) is 4.83. The molecule has 19 heavy (non-hydrogen) atoms. The predicted molar refractivity (Wildman–Crippen MR) is 78.4 cm³/mol. The van der Waals surface area contributed by atoms with Gasteiger partial charge in [0.25, 0.3) is 0 Å². The smallest absolute Gasteiger partial charge is 0.144 e. The number of aliphatic hydroxyl groups is 1. The van der Waals surface area contributed by atoms with Crippen molar-refractivity contribution < 1.29 is 9.84 Å². The summed E-state index contributed by atoms with van der Waals surface area (Å²) >= 11 is 0. The fourth-order valence-corrected chi connectivity index (χ4v) is 1.90. The van der Waals surface area contributed by atoms with E-state index in [1.807, 2.05) is 6.08 Å². The summed E-state index contributed by atoms with van der Waals surface area (Å²) in [5.74, 6) is 11.1. The lowest BCUT2D eigenvalue weighted by atomic mass is 10.1. The number of aliphatic hydroxyl groups excluding tert-OH is 1. The third-order valence-electron chi connectivity index (χ3n) is 3.08. The van der Waals surface area contributed by atoms with Crippen molar-refractivity contribution in [2.45, 2.75) is 70.2 Å². The molecule has 1 aliphatic rings. The first-order chi connectivity index (χ1) is 9.29. The van der Waals surface area contributed by atoms with Crippen LogP contribution in [0, 0.1) is 23.7 Å². The summed E-state index contributed by atoms with van der Waals surface area (Å²) in [6.07, 6.45) is 8.89. The Balaban J connectivity index is 2.11. The Morgan fingerprint density at radius 1 is 1.32 bits per heavy atom. The van der Waals surface area contributed by atoms with Crippen molar-refractivity contribution in [2.24, 2.45) is 0 Å². The van der Waals surface area contributed by atoms with Gasteiger partial charge in [0.1, 0.15) is 12.2 Å². The molecule has 1 rings (SSSR count). The van der Waals surface area contributed by atoms with E-state index in [4.69, 9.17) is 4.74 Å². The highest BCUT2D eigenvalue weighted by Gasteiger charge is 2.42. The molecule has 1 aliphatic heterocycles. The number of rotatable bonds is 8. The topological polar surface area (TPSA) is 32.8 Å². The fraction of sp³-hybridized carbons (Fsp3) is 0.647. The Hall–Kier alpha value is -1.22. The minimum atomic E-state index is -0.686. The highest BCUT2D eigenvalue weighted by atomic mass is 16.6. The molecular weight excluding hydrogens is 236 g/mol. The lowest BCUT2D eigenvalue weighted by molar-refractivity contribution is 0.185. The first kappa shape index (κ1) is 15.8. The molecular formula is C17H24O2. The van der Waals surface area contributed by atoms with Crippen LogP contribution in [0.1, 0.15) is 51.9 Å². The van der Waals surface area contributed by atoms with E-state index in [0.717, 1.165) is 32.1 Å². The van der Waals surface area contributed by atoms with Crippen molar-refractivity contribution >= 4 is 0 Å². The minimum absolute atomic E-state index is 0.0973. The van der Waals surface area contributed by atoms with Crippen molar-refractivity contribution in [1.82, 2.24) is 0 Å². The number of allylic oxidation sites excluding steroid dienone is 1. The molecule has 104 valence electrons. The van der Waals surface area contributed by atoms with Crippen LogP contribution in [-0.4, -0.2) is 23.4 Å². The molecule has 1 saturated heterocycles.